The highest BCUT2D eigenvalue weighted by Gasteiger charge is 2.40. The molecule has 0 atom stereocenters. The van der Waals surface area contributed by atoms with Crippen LogP contribution in [0.15, 0.2) is 33.8 Å². The van der Waals surface area contributed by atoms with Crippen LogP contribution in [0.5, 0.6) is 5.75 Å². The summed E-state index contributed by atoms with van der Waals surface area (Å²) in [6, 6.07) is 5.17. The first kappa shape index (κ1) is 29.1. The molecule has 3 fully saturated rings. The average Bonchev–Trinajstić information content (AvgIpc) is 3.50. The Balaban J connectivity index is 1.21. The lowest BCUT2D eigenvalue weighted by molar-refractivity contribution is 0.0760. The molecule has 1 aliphatic carbocycles. The number of aryl methyl sites for hydroxylation is 2. The van der Waals surface area contributed by atoms with Gasteiger partial charge in [-0.05, 0) is 114 Å². The molecule has 1 amide bonds. The van der Waals surface area contributed by atoms with Crippen molar-refractivity contribution in [1.29, 1.82) is 0 Å². The Morgan fingerprint density at radius 1 is 0.950 bits per heavy atom. The summed E-state index contributed by atoms with van der Waals surface area (Å²) in [7, 11) is -2.19. The molecule has 1 aromatic heterocycles. The Hall–Kier alpha value is -2.40. The summed E-state index contributed by atoms with van der Waals surface area (Å²) < 4.78 is 40.3. The number of methoxy groups -OCH3 is 1. The third-order valence-corrected chi connectivity index (χ3v) is 10.6. The summed E-state index contributed by atoms with van der Waals surface area (Å²) in [5.41, 5.74) is 1.80. The molecule has 3 aliphatic rings. The van der Waals surface area contributed by atoms with Crippen molar-refractivity contribution in [3.63, 3.8) is 0 Å². The van der Waals surface area contributed by atoms with Gasteiger partial charge in [0, 0.05) is 25.7 Å². The fourth-order valence-corrected chi connectivity index (χ4v) is 8.23. The maximum Gasteiger partial charge on any atom is 0.257 e. The molecule has 2 saturated heterocycles. The van der Waals surface area contributed by atoms with E-state index in [1.54, 1.807) is 39.2 Å². The van der Waals surface area contributed by atoms with Gasteiger partial charge in [-0.25, -0.2) is 8.42 Å². The summed E-state index contributed by atoms with van der Waals surface area (Å²) in [5, 5.41) is 0. The van der Waals surface area contributed by atoms with E-state index >= 15 is 0 Å². The van der Waals surface area contributed by atoms with E-state index in [0.29, 0.717) is 39.6 Å². The molecule has 10 heteroatoms. The van der Waals surface area contributed by atoms with Crippen molar-refractivity contribution in [3.8, 4) is 5.75 Å². The topological polar surface area (TPSA) is 86.5 Å². The average molecular weight is 573 g/mol. The Morgan fingerprint density at radius 2 is 1.60 bits per heavy atom. The number of hydrogen-bond acceptors (Lipinski definition) is 7. The number of benzene rings is 1. The first-order chi connectivity index (χ1) is 19.3. The highest BCUT2D eigenvalue weighted by molar-refractivity contribution is 7.89. The van der Waals surface area contributed by atoms with Crippen LogP contribution < -0.4 is 4.74 Å². The molecule has 40 heavy (non-hydrogen) atoms. The van der Waals surface area contributed by atoms with Crippen LogP contribution in [0.4, 0.5) is 0 Å². The van der Waals surface area contributed by atoms with Crippen molar-refractivity contribution in [2.45, 2.75) is 69.9 Å². The third kappa shape index (κ3) is 6.73. The smallest absolute Gasteiger partial charge is 0.257 e. The Bertz CT molecular complexity index is 1260. The van der Waals surface area contributed by atoms with E-state index in [4.69, 9.17) is 9.15 Å². The maximum atomic E-state index is 13.8. The second-order valence-electron chi connectivity index (χ2n) is 11.6. The van der Waals surface area contributed by atoms with Crippen molar-refractivity contribution in [2.75, 3.05) is 59.5 Å². The number of ether oxygens (including phenoxy) is 1. The van der Waals surface area contributed by atoms with Gasteiger partial charge in [0.1, 0.15) is 17.8 Å². The quantitative estimate of drug-likeness (QED) is 0.404. The monoisotopic (exact) mass is 572 g/mol. The van der Waals surface area contributed by atoms with Crippen LogP contribution in [-0.4, -0.2) is 98.8 Å². The van der Waals surface area contributed by atoms with Gasteiger partial charge in [-0.2, -0.15) is 4.31 Å². The minimum Gasteiger partial charge on any atom is -0.497 e. The van der Waals surface area contributed by atoms with Crippen LogP contribution in [0, 0.1) is 13.8 Å². The second-order valence-corrected chi connectivity index (χ2v) is 13.4. The van der Waals surface area contributed by atoms with Gasteiger partial charge in [0.15, 0.2) is 0 Å². The van der Waals surface area contributed by atoms with Gasteiger partial charge in [0.2, 0.25) is 10.0 Å². The predicted octanol–water partition coefficient (Wildman–Crippen LogP) is 3.89. The first-order valence-corrected chi connectivity index (χ1v) is 16.2. The van der Waals surface area contributed by atoms with E-state index in [2.05, 4.69) is 9.80 Å². The Morgan fingerprint density at radius 3 is 2.25 bits per heavy atom. The largest absolute Gasteiger partial charge is 0.497 e. The van der Waals surface area contributed by atoms with E-state index in [0.717, 1.165) is 45.4 Å². The van der Waals surface area contributed by atoms with E-state index in [1.807, 2.05) is 4.90 Å². The molecule has 2 aromatic rings. The summed E-state index contributed by atoms with van der Waals surface area (Å²) in [6.07, 6.45) is 7.91. The van der Waals surface area contributed by atoms with E-state index in [1.165, 1.54) is 49.5 Å². The lowest BCUT2D eigenvalue weighted by Gasteiger charge is -2.23. The summed E-state index contributed by atoms with van der Waals surface area (Å²) >= 11 is 0. The van der Waals surface area contributed by atoms with Crippen LogP contribution in [-0.2, 0) is 16.6 Å². The number of likely N-dealkylation sites (tertiary alicyclic amines) is 1. The number of nitrogens with zero attached hydrogens (tertiary/aromatic N) is 4. The zero-order valence-electron chi connectivity index (χ0n) is 24.2. The van der Waals surface area contributed by atoms with Crippen molar-refractivity contribution < 1.29 is 22.4 Å². The lowest BCUT2D eigenvalue weighted by Crippen LogP contribution is -2.36. The minimum atomic E-state index is -3.76. The van der Waals surface area contributed by atoms with Gasteiger partial charge < -0.3 is 23.9 Å². The fourth-order valence-electron chi connectivity index (χ4n) is 6.16. The molecule has 0 N–H and O–H groups in total. The number of amides is 1. The van der Waals surface area contributed by atoms with Gasteiger partial charge in [0.25, 0.3) is 5.91 Å². The van der Waals surface area contributed by atoms with Crippen molar-refractivity contribution >= 4 is 15.9 Å². The second kappa shape index (κ2) is 12.6. The van der Waals surface area contributed by atoms with Gasteiger partial charge in [-0.15, -0.1) is 0 Å². The van der Waals surface area contributed by atoms with Crippen LogP contribution in [0.3, 0.4) is 0 Å². The molecule has 2 aliphatic heterocycles. The molecule has 9 nitrogen and oxygen atoms in total. The lowest BCUT2D eigenvalue weighted by atomic mass is 10.1. The molecule has 220 valence electrons. The van der Waals surface area contributed by atoms with Crippen molar-refractivity contribution in [1.82, 2.24) is 19.0 Å². The standard InChI is InChI=1S/C30H44N4O5S/c1-23-18-27(38-3)19-24(2)29(23)40(36,37)34(26-8-9-26)21-28-20-25(22-39-28)30(35)33-15-7-14-32(16-17-33)13-6-12-31-10-4-5-11-31/h18-20,22,26H,4-17,21H2,1-3H3. The molecule has 5 rings (SSSR count). The normalized spacial score (nSPS) is 19.4. The van der Waals surface area contributed by atoms with E-state index < -0.39 is 10.0 Å². The zero-order chi connectivity index (χ0) is 28.3. The van der Waals surface area contributed by atoms with Crippen LogP contribution >= 0.6 is 0 Å². The molecule has 0 bridgehead atoms. The number of carbonyl (C=O) groups is 1. The van der Waals surface area contributed by atoms with Gasteiger partial charge in [-0.1, -0.05) is 0 Å². The predicted molar refractivity (Wildman–Crippen MR) is 154 cm³/mol. The van der Waals surface area contributed by atoms with Crippen molar-refractivity contribution in [2.24, 2.45) is 0 Å². The van der Waals surface area contributed by atoms with E-state index in [9.17, 15) is 13.2 Å². The highest BCUT2D eigenvalue weighted by atomic mass is 32.2. The van der Waals surface area contributed by atoms with Crippen LogP contribution in [0.1, 0.15) is 65.8 Å². The van der Waals surface area contributed by atoms with Crippen LogP contribution in [0.25, 0.3) is 0 Å². The minimum absolute atomic E-state index is 0.0448. The summed E-state index contributed by atoms with van der Waals surface area (Å²) in [4.78, 5) is 20.6. The van der Waals surface area contributed by atoms with Crippen molar-refractivity contribution in [3.05, 3.63) is 46.9 Å². The molecular weight excluding hydrogens is 528 g/mol. The van der Waals surface area contributed by atoms with E-state index in [-0.39, 0.29) is 18.5 Å². The molecular formula is C30H44N4O5S. The summed E-state index contributed by atoms with van der Waals surface area (Å²) in [6.45, 7) is 11.7. The first-order valence-electron chi connectivity index (χ1n) is 14.7. The molecule has 0 radical (unpaired) electrons. The zero-order valence-corrected chi connectivity index (χ0v) is 25.0. The summed E-state index contributed by atoms with van der Waals surface area (Å²) in [5.74, 6) is 1.08. The molecule has 0 spiro atoms. The number of carbonyl (C=O) groups excluding carboxylic acids is 1. The molecule has 1 aromatic carbocycles. The number of sulfonamides is 1. The maximum absolute atomic E-state index is 13.8. The number of rotatable bonds is 11. The number of hydrogen-bond donors (Lipinski definition) is 0. The molecule has 0 unspecified atom stereocenters. The number of furan rings is 1. The molecule has 1 saturated carbocycles. The Labute approximate surface area is 239 Å². The third-order valence-electron chi connectivity index (χ3n) is 8.43. The fraction of sp³-hybridized carbons (Fsp3) is 0.633. The Kier molecular flexibility index (Phi) is 9.19. The SMILES string of the molecule is COc1cc(C)c(S(=O)(=O)N(Cc2cc(C(=O)N3CCCN(CCCN4CCCC4)CC3)co2)C2CC2)c(C)c1. The van der Waals surface area contributed by atoms with Gasteiger partial charge in [0.05, 0.1) is 24.1 Å². The highest BCUT2D eigenvalue weighted by Crippen LogP contribution is 2.36. The van der Waals surface area contributed by atoms with Gasteiger partial charge in [-0.3, -0.25) is 4.79 Å². The van der Waals surface area contributed by atoms with Gasteiger partial charge >= 0.3 is 0 Å². The van der Waals surface area contributed by atoms with Crippen LogP contribution in [0.2, 0.25) is 0 Å². The molecule has 3 heterocycles.